The third-order valence-corrected chi connectivity index (χ3v) is 6.52. The van der Waals surface area contributed by atoms with Crippen molar-refractivity contribution in [3.05, 3.63) is 91.2 Å². The molecule has 2 nitrogen and oxygen atoms in total. The zero-order valence-corrected chi connectivity index (χ0v) is 15.9. The van der Waals surface area contributed by atoms with Crippen molar-refractivity contribution >= 4 is 77.1 Å². The van der Waals surface area contributed by atoms with Crippen LogP contribution in [0.4, 0.5) is 0 Å². The van der Waals surface area contributed by atoms with E-state index in [1.54, 1.807) is 0 Å². The van der Waals surface area contributed by atoms with Gasteiger partial charge in [0.05, 0.1) is 5.02 Å². The normalized spacial score (nSPS) is 12.2. The second-order valence-corrected chi connectivity index (χ2v) is 7.83. The third kappa shape index (κ3) is 1.80. The summed E-state index contributed by atoms with van der Waals surface area (Å²) >= 11 is 12.7. The van der Waals surface area contributed by atoms with Crippen LogP contribution in [0.15, 0.2) is 70.3 Å². The summed E-state index contributed by atoms with van der Waals surface area (Å²) in [6.45, 7) is 0. The highest BCUT2D eigenvalue weighted by molar-refractivity contribution is 6.49. The highest BCUT2D eigenvalue weighted by atomic mass is 35.5. The fourth-order valence-electron chi connectivity index (χ4n) is 4.54. The largest absolute Gasteiger partial charge is 0.285 e. The fraction of sp³-hybridized carbons (Fsp3) is 0. The molecule has 0 saturated carbocycles. The van der Waals surface area contributed by atoms with Crippen molar-refractivity contribution in [3.63, 3.8) is 0 Å². The molecular formula is C24H10Cl2O2. The van der Waals surface area contributed by atoms with E-state index in [1.807, 2.05) is 42.5 Å². The maximum absolute atomic E-state index is 13.1. The van der Waals surface area contributed by atoms with Gasteiger partial charge in [0.25, 0.3) is 0 Å². The van der Waals surface area contributed by atoms with Crippen LogP contribution in [0.1, 0.15) is 0 Å². The molecule has 6 aromatic carbocycles. The molecule has 0 fully saturated rings. The minimum Gasteiger partial charge on any atom is -0.285 e. The summed E-state index contributed by atoms with van der Waals surface area (Å²) in [7, 11) is 0. The molecule has 0 aliphatic rings. The minimum absolute atomic E-state index is 0.143. The summed E-state index contributed by atoms with van der Waals surface area (Å²) in [6.07, 6.45) is 0. The number of fused-ring (bicyclic) bond motifs is 5. The molecule has 6 rings (SSSR count). The summed E-state index contributed by atoms with van der Waals surface area (Å²) in [5.41, 5.74) is -1.35. The minimum atomic E-state index is -0.752. The van der Waals surface area contributed by atoms with Crippen molar-refractivity contribution in [1.29, 1.82) is 0 Å². The summed E-state index contributed by atoms with van der Waals surface area (Å²) in [4.78, 5) is 25.7. The molecule has 0 saturated heterocycles. The Hall–Kier alpha value is -2.94. The molecule has 0 heterocycles. The molecule has 4 heteroatoms. The molecule has 132 valence electrons. The van der Waals surface area contributed by atoms with Gasteiger partial charge in [0, 0.05) is 16.2 Å². The van der Waals surface area contributed by atoms with Crippen LogP contribution >= 0.6 is 23.2 Å². The lowest BCUT2D eigenvalue weighted by molar-refractivity contribution is 1.55. The zero-order valence-electron chi connectivity index (χ0n) is 14.3. The van der Waals surface area contributed by atoms with Crippen molar-refractivity contribution in [1.82, 2.24) is 0 Å². The molecule has 0 aromatic heterocycles. The first kappa shape index (κ1) is 16.1. The Morgan fingerprint density at radius 2 is 1.21 bits per heavy atom. The number of hydrogen-bond donors (Lipinski definition) is 0. The molecule has 0 aliphatic carbocycles. The standard InChI is InChI=1S/C24H10Cl2O2/c25-21-19-15-7-3-5-11-8-9-13-10-12-4-1-2-6-14(12)18(17(13)16(11)15)20(19)23(27)24(28)22(21)26/h1-10H. The van der Waals surface area contributed by atoms with Gasteiger partial charge in [-0.1, -0.05) is 77.8 Å². The van der Waals surface area contributed by atoms with E-state index in [0.29, 0.717) is 10.8 Å². The van der Waals surface area contributed by atoms with Crippen LogP contribution < -0.4 is 10.9 Å². The Kier molecular flexibility index (Phi) is 3.05. The first-order chi connectivity index (χ1) is 13.6. The van der Waals surface area contributed by atoms with Crippen LogP contribution in [0.3, 0.4) is 0 Å². The SMILES string of the molecule is O=c1c(Cl)c(Cl)c2c3cccc4ccc5cc6ccccc6c(c2c1=O)c5c43. The van der Waals surface area contributed by atoms with Gasteiger partial charge in [-0.05, 0) is 43.8 Å². The second-order valence-electron chi connectivity index (χ2n) is 7.08. The number of hydrogen-bond acceptors (Lipinski definition) is 2. The van der Waals surface area contributed by atoms with Crippen LogP contribution in [0, 0.1) is 0 Å². The van der Waals surface area contributed by atoms with E-state index < -0.39 is 10.9 Å². The highest BCUT2D eigenvalue weighted by Crippen LogP contribution is 2.45. The molecule has 0 bridgehead atoms. The molecule has 0 aliphatic heterocycles. The van der Waals surface area contributed by atoms with Gasteiger partial charge in [0.1, 0.15) is 5.02 Å². The number of halogens is 2. The summed E-state index contributed by atoms with van der Waals surface area (Å²) in [5.74, 6) is 0. The van der Waals surface area contributed by atoms with Gasteiger partial charge in [-0.25, -0.2) is 0 Å². The van der Waals surface area contributed by atoms with E-state index in [1.165, 1.54) is 0 Å². The Balaban J connectivity index is 2.20. The fourth-order valence-corrected chi connectivity index (χ4v) is 5.01. The Bertz CT molecular complexity index is 1720. The topological polar surface area (TPSA) is 34.1 Å². The van der Waals surface area contributed by atoms with Gasteiger partial charge in [0.15, 0.2) is 0 Å². The Labute approximate surface area is 168 Å². The van der Waals surface area contributed by atoms with Gasteiger partial charge in [-0.15, -0.1) is 0 Å². The van der Waals surface area contributed by atoms with E-state index >= 15 is 0 Å². The van der Waals surface area contributed by atoms with Crippen molar-refractivity contribution in [2.75, 3.05) is 0 Å². The highest BCUT2D eigenvalue weighted by Gasteiger charge is 2.22. The lowest BCUT2D eigenvalue weighted by atomic mass is 9.86. The molecule has 0 unspecified atom stereocenters. The van der Waals surface area contributed by atoms with Crippen molar-refractivity contribution in [2.24, 2.45) is 0 Å². The van der Waals surface area contributed by atoms with Crippen molar-refractivity contribution in [2.45, 2.75) is 0 Å². The van der Waals surface area contributed by atoms with Crippen LogP contribution in [0.2, 0.25) is 10.0 Å². The lowest BCUT2D eigenvalue weighted by Gasteiger charge is -2.17. The predicted molar refractivity (Wildman–Crippen MR) is 119 cm³/mol. The van der Waals surface area contributed by atoms with Gasteiger partial charge in [0.2, 0.25) is 10.9 Å². The van der Waals surface area contributed by atoms with E-state index in [2.05, 4.69) is 18.2 Å². The average molecular weight is 401 g/mol. The van der Waals surface area contributed by atoms with E-state index in [-0.39, 0.29) is 10.0 Å². The second kappa shape index (κ2) is 5.32. The van der Waals surface area contributed by atoms with E-state index in [0.717, 1.165) is 43.1 Å². The number of rotatable bonds is 0. The molecule has 0 radical (unpaired) electrons. The molecule has 0 N–H and O–H groups in total. The van der Waals surface area contributed by atoms with Gasteiger partial charge in [-0.3, -0.25) is 9.59 Å². The number of benzene rings is 6. The molecule has 6 aromatic rings. The zero-order chi connectivity index (χ0) is 19.2. The van der Waals surface area contributed by atoms with Crippen molar-refractivity contribution in [3.8, 4) is 0 Å². The molecule has 28 heavy (non-hydrogen) atoms. The maximum Gasteiger partial charge on any atom is 0.246 e. The molecule has 0 amide bonds. The third-order valence-electron chi connectivity index (χ3n) is 5.68. The summed E-state index contributed by atoms with van der Waals surface area (Å²) < 4.78 is 0. The van der Waals surface area contributed by atoms with Crippen LogP contribution in [-0.2, 0) is 0 Å². The van der Waals surface area contributed by atoms with Crippen LogP contribution in [0.5, 0.6) is 0 Å². The molecule has 0 atom stereocenters. The predicted octanol–water partition coefficient (Wildman–Crippen LogP) is 6.36. The summed E-state index contributed by atoms with van der Waals surface area (Å²) in [6, 6.07) is 20.0. The summed E-state index contributed by atoms with van der Waals surface area (Å²) in [5, 5.41) is 8.47. The quantitative estimate of drug-likeness (QED) is 0.169. The first-order valence-electron chi connectivity index (χ1n) is 8.85. The first-order valence-corrected chi connectivity index (χ1v) is 9.60. The Morgan fingerprint density at radius 3 is 2.07 bits per heavy atom. The monoisotopic (exact) mass is 400 g/mol. The average Bonchev–Trinajstić information content (AvgIpc) is 2.73. The lowest BCUT2D eigenvalue weighted by Crippen LogP contribution is -2.24. The smallest absolute Gasteiger partial charge is 0.246 e. The van der Waals surface area contributed by atoms with Crippen LogP contribution in [-0.4, -0.2) is 0 Å². The van der Waals surface area contributed by atoms with Gasteiger partial charge in [-0.2, -0.15) is 0 Å². The molecule has 0 spiro atoms. The van der Waals surface area contributed by atoms with E-state index in [4.69, 9.17) is 23.2 Å². The van der Waals surface area contributed by atoms with Gasteiger partial charge < -0.3 is 0 Å². The van der Waals surface area contributed by atoms with Crippen LogP contribution in [0.25, 0.3) is 53.9 Å². The molecular weight excluding hydrogens is 391 g/mol. The maximum atomic E-state index is 13.1. The van der Waals surface area contributed by atoms with Gasteiger partial charge >= 0.3 is 0 Å². The Morgan fingerprint density at radius 1 is 0.500 bits per heavy atom. The van der Waals surface area contributed by atoms with E-state index in [9.17, 15) is 9.59 Å². The van der Waals surface area contributed by atoms with Crippen molar-refractivity contribution < 1.29 is 0 Å².